The smallest absolute Gasteiger partial charge is 0.316 e. The van der Waals surface area contributed by atoms with Gasteiger partial charge in [-0.2, -0.15) is 0 Å². The number of pyridine rings is 1. The largest absolute Gasteiger partial charge is 0.497 e. The van der Waals surface area contributed by atoms with Crippen molar-refractivity contribution in [2.75, 3.05) is 12.9 Å². The molecule has 0 saturated heterocycles. The predicted octanol–water partition coefficient (Wildman–Crippen LogP) is 3.85. The van der Waals surface area contributed by atoms with Gasteiger partial charge >= 0.3 is 5.97 Å². The van der Waals surface area contributed by atoms with Crippen molar-refractivity contribution < 1.29 is 14.3 Å². The molecule has 118 valence electrons. The van der Waals surface area contributed by atoms with Crippen LogP contribution in [-0.4, -0.2) is 29.9 Å². The van der Waals surface area contributed by atoms with E-state index in [2.05, 4.69) is 18.0 Å². The fourth-order valence-corrected chi connectivity index (χ4v) is 2.98. The second-order valence-corrected chi connectivity index (χ2v) is 6.16. The Morgan fingerprint density at radius 2 is 2.09 bits per heavy atom. The van der Waals surface area contributed by atoms with Crippen molar-refractivity contribution in [1.29, 1.82) is 0 Å². The third kappa shape index (κ3) is 4.13. The molecular formula is C17H21NO3S. The second-order valence-electron chi connectivity index (χ2n) is 5.19. The molecule has 0 N–H and O–H groups in total. The standard InChI is InChI=1S/C17H21NO3S/c1-5-12-8-13-9-14(20-4)6-7-15(13)18-17(12)22-10-16(19)21-11(2)3/h6-9,11H,5,10H2,1-4H3. The Balaban J connectivity index is 2.23. The van der Waals surface area contributed by atoms with Crippen molar-refractivity contribution in [2.24, 2.45) is 0 Å². The van der Waals surface area contributed by atoms with E-state index in [4.69, 9.17) is 9.47 Å². The minimum absolute atomic E-state index is 0.0872. The molecule has 0 aliphatic rings. The van der Waals surface area contributed by atoms with Gasteiger partial charge in [0.25, 0.3) is 0 Å². The van der Waals surface area contributed by atoms with E-state index in [0.717, 1.165) is 33.7 Å². The van der Waals surface area contributed by atoms with E-state index >= 15 is 0 Å². The quantitative estimate of drug-likeness (QED) is 0.598. The number of ether oxygens (including phenoxy) is 2. The van der Waals surface area contributed by atoms with Crippen molar-refractivity contribution in [3.8, 4) is 5.75 Å². The van der Waals surface area contributed by atoms with Gasteiger partial charge in [0.2, 0.25) is 0 Å². The summed E-state index contributed by atoms with van der Waals surface area (Å²) in [6.45, 7) is 5.78. The minimum atomic E-state index is -0.210. The van der Waals surface area contributed by atoms with Crippen LogP contribution in [0.2, 0.25) is 0 Å². The molecule has 4 nitrogen and oxygen atoms in total. The summed E-state index contributed by atoms with van der Waals surface area (Å²) in [4.78, 5) is 16.4. The Hall–Kier alpha value is -1.75. The molecule has 1 aromatic heterocycles. The summed E-state index contributed by atoms with van der Waals surface area (Å²) in [5.41, 5.74) is 2.03. The van der Waals surface area contributed by atoms with E-state index in [0.29, 0.717) is 0 Å². The Kier molecular flexibility index (Phi) is 5.66. The van der Waals surface area contributed by atoms with Gasteiger partial charge in [0, 0.05) is 5.39 Å². The molecule has 22 heavy (non-hydrogen) atoms. The van der Waals surface area contributed by atoms with Crippen LogP contribution in [0.1, 0.15) is 26.3 Å². The normalized spacial score (nSPS) is 11.0. The molecule has 0 fully saturated rings. The number of carbonyl (C=O) groups excluding carboxylic acids is 1. The molecule has 2 rings (SSSR count). The molecule has 0 saturated carbocycles. The summed E-state index contributed by atoms with van der Waals surface area (Å²) in [7, 11) is 1.65. The summed E-state index contributed by atoms with van der Waals surface area (Å²) in [6, 6.07) is 7.91. The molecule has 1 heterocycles. The van der Waals surface area contributed by atoms with E-state index in [9.17, 15) is 4.79 Å². The van der Waals surface area contributed by atoms with Crippen LogP contribution < -0.4 is 4.74 Å². The van der Waals surface area contributed by atoms with Crippen LogP contribution in [0.15, 0.2) is 29.3 Å². The average molecular weight is 319 g/mol. The number of esters is 1. The zero-order valence-electron chi connectivity index (χ0n) is 13.4. The number of aryl methyl sites for hydroxylation is 1. The zero-order valence-corrected chi connectivity index (χ0v) is 14.2. The highest BCUT2D eigenvalue weighted by molar-refractivity contribution is 7.99. The molecular weight excluding hydrogens is 298 g/mol. The molecule has 0 bridgehead atoms. The third-order valence-electron chi connectivity index (χ3n) is 3.14. The lowest BCUT2D eigenvalue weighted by Crippen LogP contribution is -2.13. The molecule has 0 amide bonds. The van der Waals surface area contributed by atoms with E-state index in [1.807, 2.05) is 32.0 Å². The summed E-state index contributed by atoms with van der Waals surface area (Å²) < 4.78 is 10.4. The van der Waals surface area contributed by atoms with Crippen molar-refractivity contribution in [3.05, 3.63) is 29.8 Å². The number of rotatable bonds is 6. The van der Waals surface area contributed by atoms with Gasteiger partial charge in [-0.15, -0.1) is 0 Å². The first kappa shape index (κ1) is 16.6. The highest BCUT2D eigenvalue weighted by Crippen LogP contribution is 2.27. The number of aromatic nitrogens is 1. The monoisotopic (exact) mass is 319 g/mol. The molecule has 0 unspecified atom stereocenters. The van der Waals surface area contributed by atoms with Crippen LogP contribution in [0.5, 0.6) is 5.75 Å². The van der Waals surface area contributed by atoms with Gasteiger partial charge in [0.15, 0.2) is 0 Å². The third-order valence-corrected chi connectivity index (χ3v) is 4.14. The Morgan fingerprint density at radius 1 is 1.32 bits per heavy atom. The lowest BCUT2D eigenvalue weighted by molar-refractivity contribution is -0.144. The molecule has 0 aliphatic carbocycles. The SMILES string of the molecule is CCc1cc2cc(OC)ccc2nc1SCC(=O)OC(C)C. The van der Waals surface area contributed by atoms with Crippen LogP contribution in [0.3, 0.4) is 0 Å². The fourth-order valence-electron chi connectivity index (χ4n) is 2.11. The zero-order chi connectivity index (χ0) is 16.1. The van der Waals surface area contributed by atoms with Gasteiger partial charge in [-0.25, -0.2) is 4.98 Å². The van der Waals surface area contributed by atoms with E-state index in [-0.39, 0.29) is 17.8 Å². The fraction of sp³-hybridized carbons (Fsp3) is 0.412. The number of hydrogen-bond donors (Lipinski definition) is 0. The number of methoxy groups -OCH3 is 1. The second kappa shape index (κ2) is 7.49. The number of thioether (sulfide) groups is 1. The van der Waals surface area contributed by atoms with Gasteiger partial charge in [-0.1, -0.05) is 18.7 Å². The number of nitrogens with zero attached hydrogens (tertiary/aromatic N) is 1. The molecule has 0 aliphatic heterocycles. The van der Waals surface area contributed by atoms with Crippen molar-refractivity contribution >= 4 is 28.6 Å². The van der Waals surface area contributed by atoms with Gasteiger partial charge in [-0.3, -0.25) is 4.79 Å². The number of hydrogen-bond acceptors (Lipinski definition) is 5. The van der Waals surface area contributed by atoms with Crippen LogP contribution >= 0.6 is 11.8 Å². The van der Waals surface area contributed by atoms with Crippen LogP contribution in [0.25, 0.3) is 10.9 Å². The summed E-state index contributed by atoms with van der Waals surface area (Å²) in [6.07, 6.45) is 0.776. The first-order chi connectivity index (χ1) is 10.5. The lowest BCUT2D eigenvalue weighted by Gasteiger charge is -2.11. The van der Waals surface area contributed by atoms with Gasteiger partial charge in [0.1, 0.15) is 10.8 Å². The van der Waals surface area contributed by atoms with E-state index < -0.39 is 0 Å². The van der Waals surface area contributed by atoms with E-state index in [1.54, 1.807) is 7.11 Å². The van der Waals surface area contributed by atoms with Crippen molar-refractivity contribution in [1.82, 2.24) is 4.98 Å². The van der Waals surface area contributed by atoms with Gasteiger partial charge in [0.05, 0.1) is 24.5 Å². The molecule has 5 heteroatoms. The summed E-state index contributed by atoms with van der Waals surface area (Å²) in [5.74, 6) is 0.885. The van der Waals surface area contributed by atoms with Crippen molar-refractivity contribution in [2.45, 2.75) is 38.3 Å². The maximum absolute atomic E-state index is 11.7. The van der Waals surface area contributed by atoms with Crippen molar-refractivity contribution in [3.63, 3.8) is 0 Å². The minimum Gasteiger partial charge on any atom is -0.497 e. The average Bonchev–Trinajstić information content (AvgIpc) is 2.50. The van der Waals surface area contributed by atoms with Crippen LogP contribution in [0, 0.1) is 0 Å². The van der Waals surface area contributed by atoms with Crippen LogP contribution in [-0.2, 0) is 16.0 Å². The molecule has 0 radical (unpaired) electrons. The summed E-state index contributed by atoms with van der Waals surface area (Å²) >= 11 is 1.43. The predicted molar refractivity (Wildman–Crippen MR) is 89.6 cm³/mol. The number of benzene rings is 1. The first-order valence-electron chi connectivity index (χ1n) is 7.33. The van der Waals surface area contributed by atoms with Gasteiger partial charge in [-0.05, 0) is 50.1 Å². The Morgan fingerprint density at radius 3 is 2.73 bits per heavy atom. The van der Waals surface area contributed by atoms with Gasteiger partial charge < -0.3 is 9.47 Å². The highest BCUT2D eigenvalue weighted by Gasteiger charge is 2.11. The lowest BCUT2D eigenvalue weighted by atomic mass is 10.1. The summed E-state index contributed by atoms with van der Waals surface area (Å²) in [5, 5.41) is 1.94. The Bertz CT molecular complexity index is 670. The number of fused-ring (bicyclic) bond motifs is 1. The topological polar surface area (TPSA) is 48.4 Å². The maximum Gasteiger partial charge on any atom is 0.316 e. The van der Waals surface area contributed by atoms with Crippen LogP contribution in [0.4, 0.5) is 0 Å². The molecule has 0 atom stereocenters. The Labute approximate surface area is 135 Å². The molecule has 0 spiro atoms. The first-order valence-corrected chi connectivity index (χ1v) is 8.32. The van der Waals surface area contributed by atoms with E-state index in [1.165, 1.54) is 11.8 Å². The molecule has 2 aromatic rings. The number of carbonyl (C=O) groups is 1. The molecule has 1 aromatic carbocycles. The maximum atomic E-state index is 11.7. The highest BCUT2D eigenvalue weighted by atomic mass is 32.2.